The first-order chi connectivity index (χ1) is 14.1. The second kappa shape index (κ2) is 9.50. The fourth-order valence-electron chi connectivity index (χ4n) is 2.92. The molecule has 8 heteroatoms. The van der Waals surface area contributed by atoms with E-state index in [0.717, 1.165) is 19.3 Å². The third kappa shape index (κ3) is 4.98. The highest BCUT2D eigenvalue weighted by molar-refractivity contribution is 6.05. The normalized spacial score (nSPS) is 10.5. The van der Waals surface area contributed by atoms with E-state index < -0.39 is 11.9 Å². The average molecular weight is 393 g/mol. The van der Waals surface area contributed by atoms with Crippen molar-refractivity contribution in [2.24, 2.45) is 0 Å². The lowest BCUT2D eigenvalue weighted by Crippen LogP contribution is -2.44. The van der Waals surface area contributed by atoms with Gasteiger partial charge in [-0.1, -0.05) is 56.2 Å². The molecule has 2 aromatic carbocycles. The molecule has 0 fully saturated rings. The molecule has 0 atom stereocenters. The Kier molecular flexibility index (Phi) is 6.57. The van der Waals surface area contributed by atoms with Gasteiger partial charge in [-0.25, -0.2) is 14.9 Å². The van der Waals surface area contributed by atoms with Crippen molar-refractivity contribution in [2.45, 2.75) is 32.7 Å². The second-order valence-electron chi connectivity index (χ2n) is 6.53. The highest BCUT2D eigenvalue weighted by atomic mass is 16.2. The summed E-state index contributed by atoms with van der Waals surface area (Å²) in [7, 11) is 0. The number of benzene rings is 2. The van der Waals surface area contributed by atoms with E-state index in [1.54, 1.807) is 48.5 Å². The highest BCUT2D eigenvalue weighted by Gasteiger charge is 2.17. The number of nitrogens with one attached hydrogen (secondary N) is 3. The highest BCUT2D eigenvalue weighted by Crippen LogP contribution is 2.13. The van der Waals surface area contributed by atoms with E-state index in [4.69, 9.17) is 0 Å². The van der Waals surface area contributed by atoms with Crippen molar-refractivity contribution in [1.29, 1.82) is 0 Å². The first-order valence-corrected chi connectivity index (χ1v) is 9.52. The molecule has 29 heavy (non-hydrogen) atoms. The molecule has 0 radical (unpaired) electrons. The number of hydrogen-bond acceptors (Lipinski definition) is 4. The van der Waals surface area contributed by atoms with Crippen LogP contribution >= 0.6 is 0 Å². The van der Waals surface area contributed by atoms with Crippen LogP contribution in [0.4, 0.5) is 10.5 Å². The predicted molar refractivity (Wildman–Crippen MR) is 112 cm³/mol. The summed E-state index contributed by atoms with van der Waals surface area (Å²) in [6, 6.07) is 15.1. The maximum atomic E-state index is 12.7. The molecule has 150 valence electrons. The third-order valence-electron chi connectivity index (χ3n) is 4.38. The third-order valence-corrected chi connectivity index (χ3v) is 4.38. The van der Waals surface area contributed by atoms with Gasteiger partial charge in [-0.2, -0.15) is 5.10 Å². The summed E-state index contributed by atoms with van der Waals surface area (Å²) < 4.78 is 1.32. The van der Waals surface area contributed by atoms with E-state index >= 15 is 0 Å². The molecule has 0 bridgehead atoms. The van der Waals surface area contributed by atoms with Gasteiger partial charge in [0, 0.05) is 17.6 Å². The lowest BCUT2D eigenvalue weighted by molar-refractivity contribution is 0.0932. The number of rotatable bonds is 6. The SMILES string of the molecule is CCCCCn1nc(C(=O)NNC(=O)Nc2ccccc2)c2ccccc2c1=O. The van der Waals surface area contributed by atoms with Crippen molar-refractivity contribution in [2.75, 3.05) is 5.32 Å². The van der Waals surface area contributed by atoms with E-state index in [2.05, 4.69) is 28.2 Å². The number of carbonyl (C=O) groups excluding carboxylic acids is 2. The van der Waals surface area contributed by atoms with Crippen LogP contribution in [0.2, 0.25) is 0 Å². The zero-order chi connectivity index (χ0) is 20.6. The molecule has 0 aliphatic carbocycles. The summed E-state index contributed by atoms with van der Waals surface area (Å²) in [4.78, 5) is 37.3. The molecule has 3 aromatic rings. The number of anilines is 1. The Bertz CT molecular complexity index is 1060. The van der Waals surface area contributed by atoms with E-state index in [1.165, 1.54) is 4.68 Å². The first kappa shape index (κ1) is 20.1. The smallest absolute Gasteiger partial charge is 0.307 e. The van der Waals surface area contributed by atoms with Crippen molar-refractivity contribution in [3.63, 3.8) is 0 Å². The molecule has 8 nitrogen and oxygen atoms in total. The number of para-hydroxylation sites is 1. The predicted octanol–water partition coefficient (Wildman–Crippen LogP) is 3.05. The Morgan fingerprint density at radius 1 is 0.931 bits per heavy atom. The second-order valence-corrected chi connectivity index (χ2v) is 6.53. The Hall–Kier alpha value is -3.68. The van der Waals surface area contributed by atoms with Gasteiger partial charge in [-0.05, 0) is 24.6 Å². The van der Waals surface area contributed by atoms with Crippen LogP contribution in [0.1, 0.15) is 36.7 Å². The lowest BCUT2D eigenvalue weighted by Gasteiger charge is -2.12. The standard InChI is InChI=1S/C21H23N5O3/c1-2-3-9-14-26-20(28)17-13-8-7-12-16(17)18(25-26)19(27)23-24-21(29)22-15-10-5-4-6-11-15/h4-8,10-13H,2-3,9,14H2,1H3,(H,23,27)(H2,22,24,29). The Morgan fingerprint density at radius 3 is 2.34 bits per heavy atom. The quantitative estimate of drug-likeness (QED) is 0.442. The van der Waals surface area contributed by atoms with E-state index in [-0.39, 0.29) is 11.3 Å². The van der Waals surface area contributed by atoms with Gasteiger partial charge in [0.15, 0.2) is 5.69 Å². The minimum Gasteiger partial charge on any atom is -0.307 e. The number of aryl methyl sites for hydroxylation is 1. The van der Waals surface area contributed by atoms with Crippen molar-refractivity contribution < 1.29 is 9.59 Å². The molecular formula is C21H23N5O3. The van der Waals surface area contributed by atoms with Crippen LogP contribution in [-0.4, -0.2) is 21.7 Å². The van der Waals surface area contributed by atoms with Crippen LogP contribution in [0.15, 0.2) is 59.4 Å². The Balaban J connectivity index is 1.78. The van der Waals surface area contributed by atoms with Gasteiger partial charge < -0.3 is 5.32 Å². The van der Waals surface area contributed by atoms with Crippen LogP contribution in [0, 0.1) is 0 Å². The first-order valence-electron chi connectivity index (χ1n) is 9.52. The molecule has 1 heterocycles. The number of fused-ring (bicyclic) bond motifs is 1. The van der Waals surface area contributed by atoms with Crippen LogP contribution in [0.5, 0.6) is 0 Å². The van der Waals surface area contributed by atoms with Crippen LogP contribution in [0.3, 0.4) is 0 Å². The number of aromatic nitrogens is 2. The molecule has 3 rings (SSSR count). The van der Waals surface area contributed by atoms with Gasteiger partial charge >= 0.3 is 6.03 Å². The molecule has 3 N–H and O–H groups in total. The average Bonchev–Trinajstić information content (AvgIpc) is 2.74. The molecule has 0 aliphatic rings. The summed E-state index contributed by atoms with van der Waals surface area (Å²) in [6.45, 7) is 2.50. The number of nitrogens with zero attached hydrogens (tertiary/aromatic N) is 2. The van der Waals surface area contributed by atoms with Crippen LogP contribution in [0.25, 0.3) is 10.8 Å². The van der Waals surface area contributed by atoms with Crippen LogP contribution < -0.4 is 21.7 Å². The molecule has 3 amide bonds. The van der Waals surface area contributed by atoms with Gasteiger partial charge in [-0.3, -0.25) is 15.0 Å². The lowest BCUT2D eigenvalue weighted by atomic mass is 10.1. The molecular weight excluding hydrogens is 370 g/mol. The summed E-state index contributed by atoms with van der Waals surface area (Å²) in [5, 5.41) is 7.71. The molecule has 0 unspecified atom stereocenters. The maximum absolute atomic E-state index is 12.7. The number of amides is 3. The summed E-state index contributed by atoms with van der Waals surface area (Å²) in [6.07, 6.45) is 2.76. The number of hydrazine groups is 1. The number of urea groups is 1. The van der Waals surface area contributed by atoms with Gasteiger partial charge in [0.05, 0.1) is 5.39 Å². The summed E-state index contributed by atoms with van der Waals surface area (Å²) in [5.74, 6) is -0.603. The monoisotopic (exact) mass is 393 g/mol. The Labute approximate surface area is 167 Å². The topological polar surface area (TPSA) is 105 Å². The van der Waals surface area contributed by atoms with Gasteiger partial charge in [0.1, 0.15) is 0 Å². The van der Waals surface area contributed by atoms with Crippen molar-refractivity contribution >= 4 is 28.4 Å². The van der Waals surface area contributed by atoms with Crippen molar-refractivity contribution in [3.05, 3.63) is 70.6 Å². The molecule has 0 spiro atoms. The molecule has 0 saturated carbocycles. The largest absolute Gasteiger partial charge is 0.337 e. The maximum Gasteiger partial charge on any atom is 0.337 e. The van der Waals surface area contributed by atoms with Gasteiger partial charge in [-0.15, -0.1) is 0 Å². The molecule has 1 aromatic heterocycles. The minimum absolute atomic E-state index is 0.0803. The zero-order valence-corrected chi connectivity index (χ0v) is 16.1. The summed E-state index contributed by atoms with van der Waals surface area (Å²) in [5.41, 5.74) is 5.09. The number of unbranched alkanes of at least 4 members (excludes halogenated alkanes) is 2. The zero-order valence-electron chi connectivity index (χ0n) is 16.1. The van der Waals surface area contributed by atoms with Crippen molar-refractivity contribution in [1.82, 2.24) is 20.6 Å². The fourth-order valence-corrected chi connectivity index (χ4v) is 2.92. The minimum atomic E-state index is -0.603. The van der Waals surface area contributed by atoms with E-state index in [0.29, 0.717) is 23.0 Å². The van der Waals surface area contributed by atoms with E-state index in [9.17, 15) is 14.4 Å². The van der Waals surface area contributed by atoms with Crippen molar-refractivity contribution in [3.8, 4) is 0 Å². The number of carbonyl (C=O) groups is 2. The fraction of sp³-hybridized carbons (Fsp3) is 0.238. The number of hydrogen-bond donors (Lipinski definition) is 3. The van der Waals surface area contributed by atoms with Gasteiger partial charge in [0.25, 0.3) is 11.5 Å². The Morgan fingerprint density at radius 2 is 1.62 bits per heavy atom. The molecule has 0 aliphatic heterocycles. The van der Waals surface area contributed by atoms with E-state index in [1.807, 2.05) is 6.07 Å². The van der Waals surface area contributed by atoms with Crippen LogP contribution in [-0.2, 0) is 6.54 Å². The summed E-state index contributed by atoms with van der Waals surface area (Å²) >= 11 is 0. The van der Waals surface area contributed by atoms with Gasteiger partial charge in [0.2, 0.25) is 0 Å². The molecule has 0 saturated heterocycles.